The van der Waals surface area contributed by atoms with Crippen LogP contribution in [0.3, 0.4) is 0 Å². The first-order valence-electron chi connectivity index (χ1n) is 2.46. The zero-order chi connectivity index (χ0) is 7.21. The van der Waals surface area contributed by atoms with Gasteiger partial charge in [0.2, 0.25) is 0 Å². The molecule has 0 fully saturated rings. The molecule has 0 heterocycles. The minimum absolute atomic E-state index is 0.691. The van der Waals surface area contributed by atoms with Crippen LogP contribution in [0.25, 0.3) is 0 Å². The van der Waals surface area contributed by atoms with Gasteiger partial charge in [0.15, 0.2) is 0 Å². The maximum absolute atomic E-state index is 8.69. The molecule has 1 atom stereocenters. The van der Waals surface area contributed by atoms with Gasteiger partial charge in [0, 0.05) is 7.11 Å². The molecule has 0 bridgehead atoms. The molecule has 2 nitrogen and oxygen atoms in total. The maximum atomic E-state index is 8.69. The Balaban J connectivity index is 0. The van der Waals surface area contributed by atoms with Gasteiger partial charge in [-0.3, -0.25) is 0 Å². The largest absolute Gasteiger partial charge is 0.400 e. The van der Waals surface area contributed by atoms with E-state index in [4.69, 9.17) is 10.2 Å². The lowest BCUT2D eigenvalue weighted by atomic mass is 10.3. The Labute approximate surface area is 55.9 Å². The minimum Gasteiger partial charge on any atom is -0.400 e. The fourth-order valence-electron chi connectivity index (χ4n) is 0. The van der Waals surface area contributed by atoms with Gasteiger partial charge < -0.3 is 10.2 Å². The number of hydrogen-bond donors (Lipinski definition) is 3. The first-order valence-corrected chi connectivity index (χ1v) is 2.90. The third kappa shape index (κ3) is 16.3. The fraction of sp³-hybridized carbons (Fsp3) is 1.00. The Kier molecular flexibility index (Phi) is 7.52. The van der Waals surface area contributed by atoms with Gasteiger partial charge in [0.05, 0.1) is 0 Å². The van der Waals surface area contributed by atoms with Crippen LogP contribution in [0.2, 0.25) is 0 Å². The van der Waals surface area contributed by atoms with E-state index < -0.39 is 4.93 Å². The highest BCUT2D eigenvalue weighted by molar-refractivity contribution is 7.81. The average Bonchev–Trinajstić information content (AvgIpc) is 1.71. The lowest BCUT2D eigenvalue weighted by molar-refractivity contribution is 0.156. The van der Waals surface area contributed by atoms with E-state index in [0.717, 1.165) is 7.11 Å². The summed E-state index contributed by atoms with van der Waals surface area (Å²) in [6.45, 7) is 3.54. The van der Waals surface area contributed by atoms with Gasteiger partial charge in [-0.15, -0.1) is 12.6 Å². The summed E-state index contributed by atoms with van der Waals surface area (Å²) in [4.78, 5) is -0.764. The van der Waals surface area contributed by atoms with Gasteiger partial charge in [-0.25, -0.2) is 0 Å². The van der Waals surface area contributed by atoms with Crippen molar-refractivity contribution in [3.8, 4) is 0 Å². The smallest absolute Gasteiger partial charge is 0.104 e. The molecular formula is C5H14O2S. The molecular weight excluding hydrogens is 124 g/mol. The van der Waals surface area contributed by atoms with Crippen molar-refractivity contribution >= 4 is 12.6 Å². The van der Waals surface area contributed by atoms with Crippen LogP contribution in [0, 0.1) is 0 Å². The molecule has 0 amide bonds. The van der Waals surface area contributed by atoms with Crippen LogP contribution in [0.1, 0.15) is 20.3 Å². The standard InChI is InChI=1S/C4H10OS.CH4O/c1-3-4(2,5)6;1-2/h5-6H,3H2,1-2H3;2H,1H3. The van der Waals surface area contributed by atoms with Gasteiger partial charge >= 0.3 is 0 Å². The van der Waals surface area contributed by atoms with Crippen LogP contribution in [-0.2, 0) is 0 Å². The lowest BCUT2D eigenvalue weighted by Gasteiger charge is -2.10. The highest BCUT2D eigenvalue weighted by Gasteiger charge is 2.07. The summed E-state index contributed by atoms with van der Waals surface area (Å²) < 4.78 is 0. The molecule has 52 valence electrons. The Bertz CT molecular complexity index is 40.2. The van der Waals surface area contributed by atoms with E-state index in [0.29, 0.717) is 6.42 Å². The van der Waals surface area contributed by atoms with E-state index in [1.54, 1.807) is 6.92 Å². The number of aliphatic hydroxyl groups excluding tert-OH is 1. The van der Waals surface area contributed by atoms with Crippen molar-refractivity contribution < 1.29 is 10.2 Å². The summed E-state index contributed by atoms with van der Waals surface area (Å²) in [5.74, 6) is 0. The number of rotatable bonds is 1. The Hall–Kier alpha value is 0.270. The highest BCUT2D eigenvalue weighted by Crippen LogP contribution is 2.10. The van der Waals surface area contributed by atoms with Crippen molar-refractivity contribution in [2.75, 3.05) is 7.11 Å². The molecule has 0 radical (unpaired) electrons. The van der Waals surface area contributed by atoms with Crippen LogP contribution in [0.5, 0.6) is 0 Å². The van der Waals surface area contributed by atoms with Crippen LogP contribution in [0.4, 0.5) is 0 Å². The highest BCUT2D eigenvalue weighted by atomic mass is 32.1. The second-order valence-corrected chi connectivity index (χ2v) is 2.53. The number of hydrogen-bond acceptors (Lipinski definition) is 3. The molecule has 0 aliphatic heterocycles. The molecule has 0 spiro atoms. The average molecular weight is 138 g/mol. The monoisotopic (exact) mass is 138 g/mol. The predicted molar refractivity (Wildman–Crippen MR) is 38.0 cm³/mol. The summed E-state index contributed by atoms with van der Waals surface area (Å²) in [6, 6.07) is 0. The normalized spacial score (nSPS) is 15.8. The molecule has 8 heavy (non-hydrogen) atoms. The van der Waals surface area contributed by atoms with Crippen LogP contribution >= 0.6 is 12.6 Å². The molecule has 0 aliphatic rings. The van der Waals surface area contributed by atoms with E-state index in [1.807, 2.05) is 6.92 Å². The predicted octanol–water partition coefficient (Wildman–Crippen LogP) is 0.643. The Morgan fingerprint density at radius 1 is 1.50 bits per heavy atom. The zero-order valence-corrected chi connectivity index (χ0v) is 6.44. The fourth-order valence-corrected chi connectivity index (χ4v) is 0. The SMILES string of the molecule is CCC(C)(O)S.CO. The van der Waals surface area contributed by atoms with Crippen LogP contribution < -0.4 is 0 Å². The summed E-state index contributed by atoms with van der Waals surface area (Å²) >= 11 is 3.81. The van der Waals surface area contributed by atoms with E-state index in [9.17, 15) is 0 Å². The summed E-state index contributed by atoms with van der Waals surface area (Å²) in [5, 5.41) is 15.7. The molecule has 0 rings (SSSR count). The number of aliphatic hydroxyl groups is 2. The van der Waals surface area contributed by atoms with E-state index >= 15 is 0 Å². The van der Waals surface area contributed by atoms with Crippen molar-refractivity contribution in [2.45, 2.75) is 25.2 Å². The Morgan fingerprint density at radius 2 is 1.62 bits per heavy atom. The van der Waals surface area contributed by atoms with Crippen LogP contribution in [-0.4, -0.2) is 22.3 Å². The van der Waals surface area contributed by atoms with Crippen molar-refractivity contribution in [2.24, 2.45) is 0 Å². The zero-order valence-electron chi connectivity index (χ0n) is 5.55. The third-order valence-electron chi connectivity index (χ3n) is 0.670. The first kappa shape index (κ1) is 11.1. The molecule has 0 aromatic rings. The van der Waals surface area contributed by atoms with Crippen molar-refractivity contribution in [3.63, 3.8) is 0 Å². The summed E-state index contributed by atoms with van der Waals surface area (Å²) in [5.41, 5.74) is 0. The van der Waals surface area contributed by atoms with Gasteiger partial charge in [-0.05, 0) is 13.3 Å². The van der Waals surface area contributed by atoms with E-state index in [-0.39, 0.29) is 0 Å². The maximum Gasteiger partial charge on any atom is 0.104 e. The van der Waals surface area contributed by atoms with Gasteiger partial charge in [-0.1, -0.05) is 6.92 Å². The molecule has 3 heteroatoms. The molecule has 0 aromatic heterocycles. The number of thiol groups is 1. The molecule has 0 saturated heterocycles. The summed E-state index contributed by atoms with van der Waals surface area (Å²) in [6.07, 6.45) is 0.691. The molecule has 1 unspecified atom stereocenters. The first-order chi connectivity index (χ1) is 3.56. The topological polar surface area (TPSA) is 40.5 Å². The molecule has 0 saturated carbocycles. The van der Waals surface area contributed by atoms with Gasteiger partial charge in [0.25, 0.3) is 0 Å². The second kappa shape index (κ2) is 5.41. The van der Waals surface area contributed by atoms with Gasteiger partial charge in [0.1, 0.15) is 4.93 Å². The van der Waals surface area contributed by atoms with Gasteiger partial charge in [-0.2, -0.15) is 0 Å². The van der Waals surface area contributed by atoms with E-state index in [1.165, 1.54) is 0 Å². The molecule has 0 aliphatic carbocycles. The van der Waals surface area contributed by atoms with Crippen molar-refractivity contribution in [1.82, 2.24) is 0 Å². The summed E-state index contributed by atoms with van der Waals surface area (Å²) in [7, 11) is 1.00. The van der Waals surface area contributed by atoms with Crippen molar-refractivity contribution in [1.29, 1.82) is 0 Å². The Morgan fingerprint density at radius 3 is 1.62 bits per heavy atom. The van der Waals surface area contributed by atoms with E-state index in [2.05, 4.69) is 12.6 Å². The lowest BCUT2D eigenvalue weighted by Crippen LogP contribution is -2.11. The van der Waals surface area contributed by atoms with Crippen LogP contribution in [0.15, 0.2) is 0 Å². The second-order valence-electron chi connectivity index (χ2n) is 1.57. The molecule has 2 N–H and O–H groups in total. The quantitative estimate of drug-likeness (QED) is 0.367. The van der Waals surface area contributed by atoms with Crippen molar-refractivity contribution in [3.05, 3.63) is 0 Å². The molecule has 0 aromatic carbocycles. The minimum atomic E-state index is -0.764. The third-order valence-corrected chi connectivity index (χ3v) is 0.986.